The summed E-state index contributed by atoms with van der Waals surface area (Å²) in [6.07, 6.45) is 61.5. The van der Waals surface area contributed by atoms with Crippen molar-refractivity contribution in [1.82, 2.24) is 0 Å². The maximum absolute atomic E-state index is 12.8. The third-order valence-corrected chi connectivity index (χ3v) is 10.9. The van der Waals surface area contributed by atoms with Gasteiger partial charge in [0.1, 0.15) is 12.6 Å². The molecule has 8 nitrogen and oxygen atoms in total. The fraction of sp³-hybridized carbons (Fsp3) is 0.661. The standard InChI is InChI=1S/C56H93NO7/c1-6-8-10-12-14-16-18-20-22-24-26-27-29-31-33-35-37-39-41-43-45-47-55(59)64-52(50-62-49-48-53(56(60)61)57(3,4)5)51-63-54(58)46-44-42-40-38-36-34-32-30-28-25-23-21-19-17-15-13-11-9-7-2/h9,11,13,15,17,19,21,23,25,27-30,32,34,36,52-53H,6-8,10,12,14,16,18,20,22,24,26,31,33,35,37-51H2,1-5H3/b11-9+,15-13+,19-17+,23-21+,28-25+,29-27+,32-30+,36-34+. The second-order valence-corrected chi connectivity index (χ2v) is 17.9. The molecule has 0 amide bonds. The van der Waals surface area contributed by atoms with E-state index in [-0.39, 0.29) is 49.1 Å². The van der Waals surface area contributed by atoms with E-state index in [1.165, 1.54) is 103 Å². The van der Waals surface area contributed by atoms with Gasteiger partial charge in [0, 0.05) is 19.3 Å². The Labute approximate surface area is 392 Å². The molecular formula is C56H93NO7. The van der Waals surface area contributed by atoms with E-state index in [4.69, 9.17) is 14.2 Å². The molecule has 0 saturated carbocycles. The Balaban J connectivity index is 4.37. The first-order chi connectivity index (χ1) is 31.1. The maximum atomic E-state index is 12.8. The van der Waals surface area contributed by atoms with Crippen molar-refractivity contribution in [2.45, 2.75) is 199 Å². The number of carboxylic acid groups (broad SMARTS) is 1. The molecule has 364 valence electrons. The second kappa shape index (κ2) is 45.8. The van der Waals surface area contributed by atoms with Crippen molar-refractivity contribution in [2.24, 2.45) is 0 Å². The van der Waals surface area contributed by atoms with E-state index < -0.39 is 18.1 Å². The molecule has 0 spiro atoms. The van der Waals surface area contributed by atoms with Crippen molar-refractivity contribution in [3.63, 3.8) is 0 Å². The number of quaternary nitrogens is 1. The van der Waals surface area contributed by atoms with Gasteiger partial charge in [-0.25, -0.2) is 0 Å². The van der Waals surface area contributed by atoms with E-state index >= 15 is 0 Å². The summed E-state index contributed by atoms with van der Waals surface area (Å²) in [4.78, 5) is 37.0. The van der Waals surface area contributed by atoms with Crippen LogP contribution in [0.1, 0.15) is 187 Å². The Bertz CT molecular complexity index is 1360. The minimum atomic E-state index is -1.14. The van der Waals surface area contributed by atoms with Gasteiger partial charge in [-0.1, -0.05) is 207 Å². The lowest BCUT2D eigenvalue weighted by Gasteiger charge is -2.34. The summed E-state index contributed by atoms with van der Waals surface area (Å²) in [5.74, 6) is -1.81. The van der Waals surface area contributed by atoms with Crippen LogP contribution in [0, 0.1) is 0 Å². The number of esters is 2. The Morgan fingerprint density at radius 1 is 0.484 bits per heavy atom. The van der Waals surface area contributed by atoms with E-state index in [0.717, 1.165) is 44.9 Å². The predicted octanol–water partition coefficient (Wildman–Crippen LogP) is 13.3. The molecule has 2 unspecified atom stereocenters. The van der Waals surface area contributed by atoms with Gasteiger partial charge in [-0.3, -0.25) is 9.59 Å². The molecule has 0 aliphatic heterocycles. The number of ether oxygens (including phenoxy) is 3. The van der Waals surface area contributed by atoms with Gasteiger partial charge in [-0.05, 0) is 57.8 Å². The third-order valence-electron chi connectivity index (χ3n) is 10.9. The van der Waals surface area contributed by atoms with Crippen molar-refractivity contribution in [3.05, 3.63) is 97.2 Å². The molecule has 0 bridgehead atoms. The van der Waals surface area contributed by atoms with E-state index in [0.29, 0.717) is 12.8 Å². The molecule has 64 heavy (non-hydrogen) atoms. The molecular weight excluding hydrogens is 799 g/mol. The maximum Gasteiger partial charge on any atom is 0.306 e. The molecule has 0 aliphatic carbocycles. The molecule has 0 aromatic rings. The summed E-state index contributed by atoms with van der Waals surface area (Å²) in [5, 5.41) is 11.7. The average Bonchev–Trinajstić information content (AvgIpc) is 3.26. The number of hydrogen-bond donors (Lipinski definition) is 0. The number of carbonyl (C=O) groups excluding carboxylic acids is 3. The van der Waals surface area contributed by atoms with Gasteiger partial charge in [0.25, 0.3) is 0 Å². The number of hydrogen-bond acceptors (Lipinski definition) is 7. The van der Waals surface area contributed by atoms with Gasteiger partial charge < -0.3 is 28.6 Å². The van der Waals surface area contributed by atoms with Crippen LogP contribution in [0.3, 0.4) is 0 Å². The summed E-state index contributed by atoms with van der Waals surface area (Å²) in [7, 11) is 5.39. The molecule has 0 N–H and O–H groups in total. The van der Waals surface area contributed by atoms with Crippen LogP contribution >= 0.6 is 0 Å². The number of rotatable bonds is 44. The fourth-order valence-corrected chi connectivity index (χ4v) is 6.99. The van der Waals surface area contributed by atoms with Gasteiger partial charge >= 0.3 is 11.9 Å². The average molecular weight is 892 g/mol. The van der Waals surface area contributed by atoms with Crippen molar-refractivity contribution in [1.29, 1.82) is 0 Å². The van der Waals surface area contributed by atoms with E-state index in [9.17, 15) is 19.5 Å². The minimum Gasteiger partial charge on any atom is -0.544 e. The van der Waals surface area contributed by atoms with Crippen LogP contribution in [0.2, 0.25) is 0 Å². The van der Waals surface area contributed by atoms with E-state index in [1.54, 1.807) is 21.1 Å². The number of likely N-dealkylation sites (N-methyl/N-ethyl adjacent to an activating group) is 1. The van der Waals surface area contributed by atoms with Gasteiger partial charge in [0.15, 0.2) is 6.10 Å². The van der Waals surface area contributed by atoms with Gasteiger partial charge in [-0.2, -0.15) is 0 Å². The number of carboxylic acids is 1. The summed E-state index contributed by atoms with van der Waals surface area (Å²) in [5.41, 5.74) is 0. The number of nitrogens with zero attached hydrogens (tertiary/aromatic N) is 1. The van der Waals surface area contributed by atoms with Crippen molar-refractivity contribution in [2.75, 3.05) is 41.0 Å². The molecule has 0 radical (unpaired) electrons. The fourth-order valence-electron chi connectivity index (χ4n) is 6.99. The van der Waals surface area contributed by atoms with Gasteiger partial charge in [-0.15, -0.1) is 0 Å². The van der Waals surface area contributed by atoms with Gasteiger partial charge in [0.2, 0.25) is 0 Å². The SMILES string of the molecule is CC/C=C/C=C/C=C/C=C/C=C/C=C/C=C/CCCCCC(=O)OCC(COCCC(C(=O)[O-])[N+](C)(C)C)OC(=O)CCCCCCCCC/C=C/CCCCCCCCCCCC. The molecule has 0 aliphatic rings. The van der Waals surface area contributed by atoms with E-state index in [1.807, 2.05) is 72.9 Å². The smallest absolute Gasteiger partial charge is 0.306 e. The zero-order valence-corrected chi connectivity index (χ0v) is 41.4. The highest BCUT2D eigenvalue weighted by Crippen LogP contribution is 2.14. The lowest BCUT2D eigenvalue weighted by molar-refractivity contribution is -0.889. The Morgan fingerprint density at radius 3 is 1.36 bits per heavy atom. The Kier molecular flexibility index (Phi) is 43.1. The van der Waals surface area contributed by atoms with Crippen molar-refractivity contribution in [3.8, 4) is 0 Å². The highest BCUT2D eigenvalue weighted by molar-refractivity contribution is 5.70. The summed E-state index contributed by atoms with van der Waals surface area (Å²) in [6.45, 7) is 4.46. The van der Waals surface area contributed by atoms with Crippen LogP contribution < -0.4 is 5.11 Å². The molecule has 2 atom stereocenters. The summed E-state index contributed by atoms with van der Waals surface area (Å²) in [6, 6.07) is -0.740. The topological polar surface area (TPSA) is 102 Å². The molecule has 0 saturated heterocycles. The van der Waals surface area contributed by atoms with Gasteiger partial charge in [0.05, 0.1) is 40.3 Å². The van der Waals surface area contributed by atoms with Crippen LogP contribution in [-0.4, -0.2) is 75.5 Å². The van der Waals surface area contributed by atoms with Crippen LogP contribution in [-0.2, 0) is 28.6 Å². The molecule has 0 heterocycles. The van der Waals surface area contributed by atoms with Crippen LogP contribution in [0.5, 0.6) is 0 Å². The van der Waals surface area contributed by atoms with Crippen LogP contribution in [0.4, 0.5) is 0 Å². The van der Waals surface area contributed by atoms with Crippen molar-refractivity contribution < 1.29 is 38.2 Å². The van der Waals surface area contributed by atoms with Crippen LogP contribution in [0.25, 0.3) is 0 Å². The first kappa shape index (κ1) is 60.2. The van der Waals surface area contributed by atoms with Crippen LogP contribution in [0.15, 0.2) is 97.2 Å². The number of aliphatic carboxylic acids is 1. The first-order valence-corrected chi connectivity index (χ1v) is 25.4. The zero-order chi connectivity index (χ0) is 47.0. The molecule has 0 fully saturated rings. The minimum absolute atomic E-state index is 0.0181. The molecule has 0 aromatic carbocycles. The quantitative estimate of drug-likeness (QED) is 0.0197. The highest BCUT2D eigenvalue weighted by Gasteiger charge is 2.25. The third kappa shape index (κ3) is 43.5. The zero-order valence-electron chi connectivity index (χ0n) is 41.4. The highest BCUT2D eigenvalue weighted by atomic mass is 16.6. The lowest BCUT2D eigenvalue weighted by Crippen LogP contribution is -2.55. The molecule has 8 heteroatoms. The largest absolute Gasteiger partial charge is 0.544 e. The number of unbranched alkanes of at least 4 members (excludes halogenated alkanes) is 20. The summed E-state index contributed by atoms with van der Waals surface area (Å²) < 4.78 is 17.2. The first-order valence-electron chi connectivity index (χ1n) is 25.4. The summed E-state index contributed by atoms with van der Waals surface area (Å²) >= 11 is 0. The number of allylic oxidation sites excluding steroid dienone is 16. The lowest BCUT2D eigenvalue weighted by atomic mass is 10.1. The number of carbonyl (C=O) groups is 3. The Morgan fingerprint density at radius 2 is 0.891 bits per heavy atom. The van der Waals surface area contributed by atoms with E-state index in [2.05, 4.69) is 38.2 Å². The second-order valence-electron chi connectivity index (χ2n) is 17.9. The van der Waals surface area contributed by atoms with Crippen molar-refractivity contribution >= 4 is 17.9 Å². The molecule has 0 rings (SSSR count). The molecule has 0 aromatic heterocycles. The predicted molar refractivity (Wildman–Crippen MR) is 268 cm³/mol. The Hall–Kier alpha value is -3.75. The monoisotopic (exact) mass is 892 g/mol. The normalized spacial score (nSPS) is 13.7.